The van der Waals surface area contributed by atoms with E-state index < -0.39 is 12.0 Å². The summed E-state index contributed by atoms with van der Waals surface area (Å²) in [5.41, 5.74) is 1.54. The van der Waals surface area contributed by atoms with Crippen molar-refractivity contribution in [3.63, 3.8) is 0 Å². The summed E-state index contributed by atoms with van der Waals surface area (Å²) >= 11 is 0. The van der Waals surface area contributed by atoms with E-state index in [1.807, 2.05) is 6.92 Å². The molecule has 0 aromatic heterocycles. The fourth-order valence-corrected chi connectivity index (χ4v) is 3.03. The van der Waals surface area contributed by atoms with Crippen molar-refractivity contribution < 1.29 is 28.5 Å². The highest BCUT2D eigenvalue weighted by molar-refractivity contribution is 5.95. The number of amides is 2. The second-order valence-corrected chi connectivity index (χ2v) is 5.85. The van der Waals surface area contributed by atoms with Gasteiger partial charge in [-0.05, 0) is 31.0 Å². The molecule has 1 atom stereocenters. The number of benzene rings is 1. The molecule has 0 radical (unpaired) electrons. The van der Waals surface area contributed by atoms with Crippen molar-refractivity contribution in [2.24, 2.45) is 0 Å². The molecule has 148 valence electrons. The van der Waals surface area contributed by atoms with Gasteiger partial charge < -0.3 is 29.6 Å². The zero-order valence-electron chi connectivity index (χ0n) is 16.3. The number of ether oxygens (including phenoxy) is 4. The molecular weight excluding hydrogens is 352 g/mol. The summed E-state index contributed by atoms with van der Waals surface area (Å²) in [7, 11) is 4.52. The van der Waals surface area contributed by atoms with Gasteiger partial charge in [-0.2, -0.15) is 0 Å². The minimum absolute atomic E-state index is 0.234. The van der Waals surface area contributed by atoms with Gasteiger partial charge in [-0.1, -0.05) is 13.3 Å². The smallest absolute Gasteiger partial charge is 0.338 e. The summed E-state index contributed by atoms with van der Waals surface area (Å²) in [6.07, 6.45) is 1.31. The number of nitrogens with one attached hydrogen (secondary N) is 2. The van der Waals surface area contributed by atoms with Gasteiger partial charge in [0, 0.05) is 5.70 Å². The third-order valence-corrected chi connectivity index (χ3v) is 4.17. The van der Waals surface area contributed by atoms with Crippen LogP contribution in [0.3, 0.4) is 0 Å². The molecule has 0 spiro atoms. The number of rotatable bonds is 8. The van der Waals surface area contributed by atoms with Crippen molar-refractivity contribution in [2.75, 3.05) is 27.9 Å². The second kappa shape index (κ2) is 9.16. The average molecular weight is 378 g/mol. The predicted octanol–water partition coefficient (Wildman–Crippen LogP) is 2.68. The molecule has 0 unspecified atom stereocenters. The highest BCUT2D eigenvalue weighted by Crippen LogP contribution is 2.41. The number of carbonyl (C=O) groups excluding carboxylic acids is 2. The van der Waals surface area contributed by atoms with Crippen LogP contribution in [0.2, 0.25) is 0 Å². The largest absolute Gasteiger partial charge is 0.493 e. The van der Waals surface area contributed by atoms with Gasteiger partial charge in [0.2, 0.25) is 5.75 Å². The highest BCUT2D eigenvalue weighted by atomic mass is 16.5. The zero-order chi connectivity index (χ0) is 20.0. The molecule has 27 heavy (non-hydrogen) atoms. The topological polar surface area (TPSA) is 95.1 Å². The van der Waals surface area contributed by atoms with E-state index in [0.717, 1.165) is 6.42 Å². The van der Waals surface area contributed by atoms with Crippen molar-refractivity contribution in [3.05, 3.63) is 29.0 Å². The van der Waals surface area contributed by atoms with Crippen LogP contribution in [-0.2, 0) is 9.53 Å². The normalized spacial score (nSPS) is 16.3. The summed E-state index contributed by atoms with van der Waals surface area (Å²) in [6.45, 7) is 3.94. The Balaban J connectivity index is 2.63. The van der Waals surface area contributed by atoms with Crippen molar-refractivity contribution in [1.82, 2.24) is 10.6 Å². The lowest BCUT2D eigenvalue weighted by Crippen LogP contribution is -2.46. The maximum absolute atomic E-state index is 12.6. The Bertz CT molecular complexity index is 719. The molecular formula is C19H26N2O6. The summed E-state index contributed by atoms with van der Waals surface area (Å²) < 4.78 is 21.3. The van der Waals surface area contributed by atoms with E-state index in [1.165, 1.54) is 21.3 Å². The molecule has 2 amide bonds. The first-order valence-electron chi connectivity index (χ1n) is 8.78. The number of urea groups is 1. The highest BCUT2D eigenvalue weighted by Gasteiger charge is 2.34. The zero-order valence-corrected chi connectivity index (χ0v) is 16.3. The van der Waals surface area contributed by atoms with Gasteiger partial charge in [-0.15, -0.1) is 0 Å². The minimum Gasteiger partial charge on any atom is -0.493 e. The number of carbonyl (C=O) groups is 2. The molecule has 1 aromatic rings. The van der Waals surface area contributed by atoms with Crippen LogP contribution in [0.4, 0.5) is 4.79 Å². The van der Waals surface area contributed by atoms with Crippen LogP contribution < -0.4 is 24.8 Å². The summed E-state index contributed by atoms with van der Waals surface area (Å²) in [5.74, 6) is 0.812. The summed E-state index contributed by atoms with van der Waals surface area (Å²) in [6, 6.07) is 2.33. The first-order valence-corrected chi connectivity index (χ1v) is 8.78. The van der Waals surface area contributed by atoms with E-state index in [0.29, 0.717) is 40.5 Å². The molecule has 1 heterocycles. The van der Waals surface area contributed by atoms with E-state index in [9.17, 15) is 9.59 Å². The van der Waals surface area contributed by atoms with Gasteiger partial charge in [-0.3, -0.25) is 0 Å². The molecule has 0 aliphatic carbocycles. The van der Waals surface area contributed by atoms with Gasteiger partial charge in [-0.25, -0.2) is 9.59 Å². The van der Waals surface area contributed by atoms with Gasteiger partial charge in [0.15, 0.2) is 11.5 Å². The first-order chi connectivity index (χ1) is 13.0. The van der Waals surface area contributed by atoms with Crippen LogP contribution >= 0.6 is 0 Å². The van der Waals surface area contributed by atoms with E-state index in [2.05, 4.69) is 10.6 Å². The Labute approximate surface area is 158 Å². The fourth-order valence-electron chi connectivity index (χ4n) is 3.03. The summed E-state index contributed by atoms with van der Waals surface area (Å²) in [5, 5.41) is 5.52. The van der Waals surface area contributed by atoms with E-state index >= 15 is 0 Å². The van der Waals surface area contributed by atoms with Crippen LogP contribution in [0, 0.1) is 0 Å². The predicted molar refractivity (Wildman–Crippen MR) is 99.1 cm³/mol. The van der Waals surface area contributed by atoms with Crippen LogP contribution in [0.15, 0.2) is 23.4 Å². The quantitative estimate of drug-likeness (QED) is 0.676. The fraction of sp³-hybridized carbons (Fsp3) is 0.474. The van der Waals surface area contributed by atoms with Gasteiger partial charge >= 0.3 is 12.0 Å². The van der Waals surface area contributed by atoms with Crippen LogP contribution in [0.25, 0.3) is 0 Å². The molecule has 0 saturated heterocycles. The van der Waals surface area contributed by atoms with Crippen LogP contribution in [0.1, 0.15) is 38.3 Å². The molecule has 0 bridgehead atoms. The average Bonchev–Trinajstić information content (AvgIpc) is 2.66. The number of esters is 1. The Morgan fingerprint density at radius 2 is 1.70 bits per heavy atom. The third kappa shape index (κ3) is 4.27. The van der Waals surface area contributed by atoms with Crippen molar-refractivity contribution in [2.45, 2.75) is 32.7 Å². The van der Waals surface area contributed by atoms with Crippen molar-refractivity contribution in [1.29, 1.82) is 0 Å². The first kappa shape index (κ1) is 20.4. The standard InChI is InChI=1S/C19H26N2O6/c1-6-8-12-15(18(22)27-7-2)16(21-19(23)20-12)11-9-13(24-3)17(26-5)14(10-11)25-4/h9-10,16H,6-8H2,1-5H3,(H2,20,21,23)/t16-/m1/s1. The van der Waals surface area contributed by atoms with Crippen molar-refractivity contribution in [3.8, 4) is 17.2 Å². The molecule has 0 saturated carbocycles. The van der Waals surface area contributed by atoms with Crippen molar-refractivity contribution >= 4 is 12.0 Å². The monoisotopic (exact) mass is 378 g/mol. The van der Waals surface area contributed by atoms with E-state index in [1.54, 1.807) is 19.1 Å². The molecule has 1 aliphatic heterocycles. The number of methoxy groups -OCH3 is 3. The summed E-state index contributed by atoms with van der Waals surface area (Å²) in [4.78, 5) is 24.8. The minimum atomic E-state index is -0.701. The van der Waals surface area contributed by atoms with Gasteiger partial charge in [0.25, 0.3) is 0 Å². The van der Waals surface area contributed by atoms with E-state index in [4.69, 9.17) is 18.9 Å². The van der Waals surface area contributed by atoms with Gasteiger partial charge in [0.1, 0.15) is 0 Å². The van der Waals surface area contributed by atoms with Crippen LogP contribution in [0.5, 0.6) is 17.2 Å². The maximum atomic E-state index is 12.6. The lowest BCUT2D eigenvalue weighted by Gasteiger charge is -2.30. The molecule has 8 nitrogen and oxygen atoms in total. The number of allylic oxidation sites excluding steroid dienone is 1. The Morgan fingerprint density at radius 3 is 2.19 bits per heavy atom. The lowest BCUT2D eigenvalue weighted by atomic mass is 9.93. The maximum Gasteiger partial charge on any atom is 0.338 e. The number of hydrogen-bond acceptors (Lipinski definition) is 6. The second-order valence-electron chi connectivity index (χ2n) is 5.85. The van der Waals surface area contributed by atoms with E-state index in [-0.39, 0.29) is 12.6 Å². The Hall–Kier alpha value is -2.90. The molecule has 1 aliphatic rings. The Kier molecular flexibility index (Phi) is 6.92. The molecule has 0 fully saturated rings. The Morgan fingerprint density at radius 1 is 1.07 bits per heavy atom. The van der Waals surface area contributed by atoms with Crippen LogP contribution in [-0.4, -0.2) is 39.9 Å². The molecule has 1 aromatic carbocycles. The third-order valence-electron chi connectivity index (χ3n) is 4.17. The molecule has 8 heteroatoms. The molecule has 2 N–H and O–H groups in total. The number of hydrogen-bond donors (Lipinski definition) is 2. The SMILES string of the molecule is CCCC1=C(C(=O)OCC)[C@@H](c2cc(OC)c(OC)c(OC)c2)NC(=O)N1. The van der Waals surface area contributed by atoms with Gasteiger partial charge in [0.05, 0.1) is 39.6 Å². The molecule has 2 rings (SSSR count). The lowest BCUT2D eigenvalue weighted by molar-refractivity contribution is -0.139.